The van der Waals surface area contributed by atoms with Crippen LogP contribution in [-0.4, -0.2) is 17.6 Å². The van der Waals surface area contributed by atoms with Crippen molar-refractivity contribution in [2.45, 2.75) is 31.3 Å². The van der Waals surface area contributed by atoms with Crippen LogP contribution in [0.2, 0.25) is 0 Å². The van der Waals surface area contributed by atoms with Crippen molar-refractivity contribution in [1.29, 1.82) is 0 Å². The molecule has 0 aliphatic carbocycles. The number of hydrogen-bond acceptors (Lipinski definition) is 3. The number of alkyl halides is 3. The van der Waals surface area contributed by atoms with E-state index in [-0.39, 0.29) is 17.7 Å². The van der Waals surface area contributed by atoms with E-state index in [1.54, 1.807) is 0 Å². The van der Waals surface area contributed by atoms with Crippen molar-refractivity contribution < 1.29 is 27.2 Å². The van der Waals surface area contributed by atoms with E-state index in [1.165, 1.54) is 36.0 Å². The number of anilines is 2. The summed E-state index contributed by atoms with van der Waals surface area (Å²) in [5.74, 6) is -1.85. The van der Waals surface area contributed by atoms with Gasteiger partial charge >= 0.3 is 6.18 Å². The van der Waals surface area contributed by atoms with Crippen molar-refractivity contribution in [3.05, 3.63) is 88.7 Å². The van der Waals surface area contributed by atoms with Crippen molar-refractivity contribution >= 4 is 35.0 Å². The minimum atomic E-state index is -4.78. The number of amides is 2. The Morgan fingerprint density at radius 3 is 2.32 bits per heavy atom. The SMILES string of the molecule is Cc1ccc(SCCC(=O)Nc2ccc(NC(=O)c3ccccc3F)cc2C(F)(F)F)cc1C. The number of carbonyl (C=O) groups is 2. The molecule has 2 amide bonds. The third-order valence-electron chi connectivity index (χ3n) is 5.05. The Labute approximate surface area is 198 Å². The Kier molecular flexibility index (Phi) is 7.98. The molecule has 0 atom stereocenters. The van der Waals surface area contributed by atoms with Crippen molar-refractivity contribution in [2.24, 2.45) is 0 Å². The first-order valence-corrected chi connectivity index (χ1v) is 11.3. The van der Waals surface area contributed by atoms with E-state index < -0.39 is 35.1 Å². The average molecular weight is 491 g/mol. The van der Waals surface area contributed by atoms with Gasteiger partial charge in [-0.05, 0) is 67.4 Å². The first-order chi connectivity index (χ1) is 16.0. The molecule has 0 bridgehead atoms. The normalized spacial score (nSPS) is 11.2. The van der Waals surface area contributed by atoms with Gasteiger partial charge < -0.3 is 10.6 Å². The third-order valence-corrected chi connectivity index (χ3v) is 6.05. The van der Waals surface area contributed by atoms with Crippen LogP contribution in [-0.2, 0) is 11.0 Å². The van der Waals surface area contributed by atoms with Gasteiger partial charge in [0.15, 0.2) is 0 Å². The second-order valence-corrected chi connectivity index (χ2v) is 8.75. The minimum absolute atomic E-state index is 0.0145. The summed E-state index contributed by atoms with van der Waals surface area (Å²) < 4.78 is 54.6. The predicted molar refractivity (Wildman–Crippen MR) is 126 cm³/mol. The lowest BCUT2D eigenvalue weighted by atomic mass is 10.1. The van der Waals surface area contributed by atoms with Crippen LogP contribution >= 0.6 is 11.8 Å². The highest BCUT2D eigenvalue weighted by molar-refractivity contribution is 7.99. The fourth-order valence-corrected chi connectivity index (χ4v) is 4.03. The summed E-state index contributed by atoms with van der Waals surface area (Å²) in [6, 6.07) is 14.0. The van der Waals surface area contributed by atoms with Gasteiger partial charge in [0.25, 0.3) is 5.91 Å². The highest BCUT2D eigenvalue weighted by atomic mass is 32.2. The van der Waals surface area contributed by atoms with E-state index in [9.17, 15) is 27.2 Å². The lowest BCUT2D eigenvalue weighted by Gasteiger charge is -2.16. The van der Waals surface area contributed by atoms with Gasteiger partial charge in [0.2, 0.25) is 5.91 Å². The lowest BCUT2D eigenvalue weighted by Crippen LogP contribution is -2.18. The number of nitrogens with one attached hydrogen (secondary N) is 2. The van der Waals surface area contributed by atoms with E-state index in [0.717, 1.165) is 28.2 Å². The summed E-state index contributed by atoms with van der Waals surface area (Å²) in [7, 11) is 0. The first kappa shape index (κ1) is 25.3. The molecule has 0 aliphatic rings. The Morgan fingerprint density at radius 1 is 0.912 bits per heavy atom. The standard InChI is InChI=1S/C25H22F4N2O2S/c1-15-7-9-18(13-16(15)2)34-12-11-23(32)31-22-10-8-17(14-20(22)25(27,28)29)30-24(33)19-5-3-4-6-21(19)26/h3-10,13-14H,11-12H2,1-2H3,(H,30,33)(H,31,32). The van der Waals surface area contributed by atoms with E-state index in [4.69, 9.17) is 0 Å². The number of aryl methyl sites for hydroxylation is 2. The van der Waals surface area contributed by atoms with E-state index in [0.29, 0.717) is 11.8 Å². The second-order valence-electron chi connectivity index (χ2n) is 7.58. The number of rotatable bonds is 7. The largest absolute Gasteiger partial charge is 0.418 e. The van der Waals surface area contributed by atoms with Crippen molar-refractivity contribution in [1.82, 2.24) is 0 Å². The summed E-state index contributed by atoms with van der Waals surface area (Å²) in [4.78, 5) is 25.5. The molecule has 3 aromatic carbocycles. The van der Waals surface area contributed by atoms with Gasteiger partial charge in [-0.15, -0.1) is 11.8 Å². The molecular formula is C25H22F4N2O2S. The van der Waals surface area contributed by atoms with Crippen LogP contribution in [0.5, 0.6) is 0 Å². The number of thioether (sulfide) groups is 1. The van der Waals surface area contributed by atoms with E-state index in [2.05, 4.69) is 10.6 Å². The number of benzene rings is 3. The molecule has 9 heteroatoms. The minimum Gasteiger partial charge on any atom is -0.325 e. The third kappa shape index (κ3) is 6.60. The first-order valence-electron chi connectivity index (χ1n) is 10.3. The molecule has 0 spiro atoms. The molecule has 0 radical (unpaired) electrons. The van der Waals surface area contributed by atoms with Crippen LogP contribution < -0.4 is 10.6 Å². The van der Waals surface area contributed by atoms with Crippen LogP contribution in [0.4, 0.5) is 28.9 Å². The maximum absolute atomic E-state index is 13.8. The molecule has 0 unspecified atom stereocenters. The molecule has 0 heterocycles. The zero-order valence-corrected chi connectivity index (χ0v) is 19.2. The molecule has 2 N–H and O–H groups in total. The Morgan fingerprint density at radius 2 is 1.65 bits per heavy atom. The van der Waals surface area contributed by atoms with Gasteiger partial charge in [0.1, 0.15) is 5.82 Å². The van der Waals surface area contributed by atoms with Gasteiger partial charge in [-0.1, -0.05) is 18.2 Å². The zero-order valence-electron chi connectivity index (χ0n) is 18.4. The molecule has 0 fully saturated rings. The van der Waals surface area contributed by atoms with Crippen LogP contribution in [0.3, 0.4) is 0 Å². The maximum Gasteiger partial charge on any atom is 0.418 e. The number of halogens is 4. The van der Waals surface area contributed by atoms with Crippen LogP contribution in [0.15, 0.2) is 65.6 Å². The quantitative estimate of drug-likeness (QED) is 0.282. The maximum atomic E-state index is 13.8. The fraction of sp³-hybridized carbons (Fsp3) is 0.200. The monoisotopic (exact) mass is 490 g/mol. The number of hydrogen-bond donors (Lipinski definition) is 2. The fourth-order valence-electron chi connectivity index (χ4n) is 3.09. The summed E-state index contributed by atoms with van der Waals surface area (Å²) in [6.45, 7) is 3.97. The lowest BCUT2D eigenvalue weighted by molar-refractivity contribution is -0.136. The molecule has 0 aromatic heterocycles. The average Bonchev–Trinajstić information content (AvgIpc) is 2.77. The summed E-state index contributed by atoms with van der Waals surface area (Å²) in [5, 5.41) is 4.56. The van der Waals surface area contributed by atoms with Crippen molar-refractivity contribution in [3.63, 3.8) is 0 Å². The molecule has 0 saturated heterocycles. The molecule has 4 nitrogen and oxygen atoms in total. The summed E-state index contributed by atoms with van der Waals surface area (Å²) in [5.41, 5.74) is 0.256. The number of carbonyl (C=O) groups excluding carboxylic acids is 2. The molecule has 0 saturated carbocycles. The van der Waals surface area contributed by atoms with Gasteiger partial charge in [0, 0.05) is 22.8 Å². The molecular weight excluding hydrogens is 468 g/mol. The van der Waals surface area contributed by atoms with Crippen LogP contribution in [0.1, 0.15) is 33.5 Å². The van der Waals surface area contributed by atoms with Gasteiger partial charge in [-0.3, -0.25) is 9.59 Å². The Bertz CT molecular complexity index is 1210. The van der Waals surface area contributed by atoms with Gasteiger partial charge in [0.05, 0.1) is 16.8 Å². The van der Waals surface area contributed by atoms with E-state index >= 15 is 0 Å². The Hall–Kier alpha value is -3.33. The Balaban J connectivity index is 1.67. The van der Waals surface area contributed by atoms with Crippen molar-refractivity contribution in [3.8, 4) is 0 Å². The van der Waals surface area contributed by atoms with Crippen LogP contribution in [0.25, 0.3) is 0 Å². The van der Waals surface area contributed by atoms with Crippen LogP contribution in [0, 0.1) is 19.7 Å². The molecule has 178 valence electrons. The highest BCUT2D eigenvalue weighted by Gasteiger charge is 2.34. The molecule has 0 aliphatic heterocycles. The highest BCUT2D eigenvalue weighted by Crippen LogP contribution is 2.37. The topological polar surface area (TPSA) is 58.2 Å². The predicted octanol–water partition coefficient (Wildman–Crippen LogP) is 6.83. The van der Waals surface area contributed by atoms with Gasteiger partial charge in [-0.2, -0.15) is 13.2 Å². The molecule has 34 heavy (non-hydrogen) atoms. The second kappa shape index (κ2) is 10.7. The molecule has 3 rings (SSSR count). The smallest absolute Gasteiger partial charge is 0.325 e. The summed E-state index contributed by atoms with van der Waals surface area (Å²) >= 11 is 1.44. The molecule has 3 aromatic rings. The zero-order chi connectivity index (χ0) is 24.9. The summed E-state index contributed by atoms with van der Waals surface area (Å²) in [6.07, 6.45) is -4.77. The van der Waals surface area contributed by atoms with Crippen molar-refractivity contribution in [2.75, 3.05) is 16.4 Å². The van der Waals surface area contributed by atoms with E-state index in [1.807, 2.05) is 32.0 Å². The van der Waals surface area contributed by atoms with Gasteiger partial charge in [-0.25, -0.2) is 4.39 Å².